The number of hydrogen-bond donors (Lipinski definition) is 1. The molecule has 1 aromatic rings. The Bertz CT molecular complexity index is 549. The highest BCUT2D eigenvalue weighted by atomic mass is 35.5. The first kappa shape index (κ1) is 14.5. The number of hydrogen-bond acceptors (Lipinski definition) is 3. The van der Waals surface area contributed by atoms with Crippen molar-refractivity contribution in [3.63, 3.8) is 0 Å². The van der Waals surface area contributed by atoms with Crippen molar-refractivity contribution in [1.82, 2.24) is 5.32 Å². The molecule has 21 heavy (non-hydrogen) atoms. The van der Waals surface area contributed by atoms with Crippen molar-refractivity contribution in [3.05, 3.63) is 22.7 Å². The van der Waals surface area contributed by atoms with Crippen LogP contribution in [0.15, 0.2) is 12.1 Å². The van der Waals surface area contributed by atoms with Crippen LogP contribution < -0.4 is 14.8 Å². The van der Waals surface area contributed by atoms with Crippen LogP contribution in [0.5, 0.6) is 11.5 Å². The molecule has 2 aliphatic rings. The van der Waals surface area contributed by atoms with E-state index in [0.29, 0.717) is 40.0 Å². The van der Waals surface area contributed by atoms with Gasteiger partial charge in [-0.15, -0.1) is 0 Å². The Hall–Kier alpha value is -1.42. The molecule has 2 atom stereocenters. The minimum atomic E-state index is -0.0859. The Morgan fingerprint density at radius 2 is 1.86 bits per heavy atom. The van der Waals surface area contributed by atoms with Crippen LogP contribution in [0.25, 0.3) is 0 Å². The summed E-state index contributed by atoms with van der Waals surface area (Å²) in [6, 6.07) is 3.64. The molecule has 1 N–H and O–H groups in total. The van der Waals surface area contributed by atoms with Crippen molar-refractivity contribution in [1.29, 1.82) is 0 Å². The third-order valence-electron chi connectivity index (χ3n) is 4.65. The number of rotatable bonds is 4. The van der Waals surface area contributed by atoms with Gasteiger partial charge in [0.05, 0.1) is 19.2 Å². The topological polar surface area (TPSA) is 47.6 Å². The largest absolute Gasteiger partial charge is 0.493 e. The zero-order valence-electron chi connectivity index (χ0n) is 12.3. The fraction of sp³-hybridized carbons (Fsp3) is 0.562. The SMILES string of the molecule is COc1cc(C(=O)NC2[C@H]3CCCC[C@H]23)cc(Cl)c1OC. The Morgan fingerprint density at radius 1 is 1.19 bits per heavy atom. The molecule has 2 aliphatic carbocycles. The first-order valence-corrected chi connectivity index (χ1v) is 7.76. The standard InChI is InChI=1S/C16H20ClNO3/c1-20-13-8-9(7-12(17)15(13)21-2)16(19)18-14-10-5-3-4-6-11(10)14/h7-8,10-11,14H,3-6H2,1-2H3,(H,18,19)/t10-,11-/m0/s1. The molecule has 0 aromatic heterocycles. The number of carbonyl (C=O) groups excluding carboxylic acids is 1. The quantitative estimate of drug-likeness (QED) is 0.928. The molecule has 0 aliphatic heterocycles. The minimum absolute atomic E-state index is 0.0859. The Labute approximate surface area is 129 Å². The average Bonchev–Trinajstić information content (AvgIpc) is 3.19. The molecule has 0 bridgehead atoms. The summed E-state index contributed by atoms with van der Waals surface area (Å²) in [4.78, 5) is 12.4. The van der Waals surface area contributed by atoms with Crippen molar-refractivity contribution in [2.75, 3.05) is 14.2 Å². The van der Waals surface area contributed by atoms with Crippen LogP contribution in [0.4, 0.5) is 0 Å². The summed E-state index contributed by atoms with van der Waals surface area (Å²) in [5, 5.41) is 3.52. The molecule has 2 saturated carbocycles. The summed E-state index contributed by atoms with van der Waals surface area (Å²) in [6.07, 6.45) is 5.05. The number of methoxy groups -OCH3 is 2. The number of halogens is 1. The summed E-state index contributed by atoms with van der Waals surface area (Å²) < 4.78 is 10.4. The van der Waals surface area contributed by atoms with E-state index in [1.165, 1.54) is 39.9 Å². The maximum Gasteiger partial charge on any atom is 0.251 e. The second-order valence-electron chi connectivity index (χ2n) is 5.80. The Morgan fingerprint density at radius 3 is 2.43 bits per heavy atom. The normalized spacial score (nSPS) is 26.7. The lowest BCUT2D eigenvalue weighted by Gasteiger charge is -2.12. The van der Waals surface area contributed by atoms with Gasteiger partial charge in [-0.05, 0) is 36.8 Å². The molecule has 1 aromatic carbocycles. The maximum absolute atomic E-state index is 12.4. The molecular formula is C16H20ClNO3. The lowest BCUT2D eigenvalue weighted by atomic mass is 10.0. The average molecular weight is 310 g/mol. The van der Waals surface area contributed by atoms with E-state index >= 15 is 0 Å². The zero-order valence-corrected chi connectivity index (χ0v) is 13.1. The van der Waals surface area contributed by atoms with Crippen molar-refractivity contribution in [3.8, 4) is 11.5 Å². The number of fused-ring (bicyclic) bond motifs is 1. The van der Waals surface area contributed by atoms with Gasteiger partial charge in [0.25, 0.3) is 5.91 Å². The van der Waals surface area contributed by atoms with Crippen LogP contribution in [0.2, 0.25) is 5.02 Å². The molecule has 0 saturated heterocycles. The van der Waals surface area contributed by atoms with Gasteiger partial charge in [-0.3, -0.25) is 4.79 Å². The van der Waals surface area contributed by atoms with Crippen molar-refractivity contribution < 1.29 is 14.3 Å². The number of carbonyl (C=O) groups is 1. The molecule has 4 nitrogen and oxygen atoms in total. The first-order valence-electron chi connectivity index (χ1n) is 7.38. The predicted molar refractivity (Wildman–Crippen MR) is 81.3 cm³/mol. The van der Waals surface area contributed by atoms with Gasteiger partial charge >= 0.3 is 0 Å². The van der Waals surface area contributed by atoms with Gasteiger partial charge < -0.3 is 14.8 Å². The second-order valence-corrected chi connectivity index (χ2v) is 6.21. The second kappa shape index (κ2) is 5.76. The van der Waals surface area contributed by atoms with Gasteiger partial charge in [0.2, 0.25) is 0 Å². The van der Waals surface area contributed by atoms with E-state index in [2.05, 4.69) is 5.32 Å². The molecule has 1 amide bonds. The van der Waals surface area contributed by atoms with Crippen molar-refractivity contribution in [2.45, 2.75) is 31.7 Å². The molecule has 0 unspecified atom stereocenters. The number of ether oxygens (including phenoxy) is 2. The number of benzene rings is 1. The zero-order chi connectivity index (χ0) is 15.0. The van der Waals surface area contributed by atoms with E-state index < -0.39 is 0 Å². The molecule has 3 rings (SSSR count). The van der Waals surface area contributed by atoms with Gasteiger partial charge in [0, 0.05) is 11.6 Å². The molecule has 0 spiro atoms. The highest BCUT2D eigenvalue weighted by Crippen LogP contribution is 2.49. The third-order valence-corrected chi connectivity index (χ3v) is 4.93. The van der Waals surface area contributed by atoms with Gasteiger partial charge in [-0.25, -0.2) is 0 Å². The molecule has 0 radical (unpaired) electrons. The van der Waals surface area contributed by atoms with Gasteiger partial charge in [-0.2, -0.15) is 0 Å². The van der Waals surface area contributed by atoms with Crippen LogP contribution in [0.3, 0.4) is 0 Å². The van der Waals surface area contributed by atoms with Crippen LogP contribution >= 0.6 is 11.6 Å². The van der Waals surface area contributed by atoms with Crippen LogP contribution in [-0.2, 0) is 0 Å². The van der Waals surface area contributed by atoms with Crippen LogP contribution in [-0.4, -0.2) is 26.2 Å². The van der Waals surface area contributed by atoms with Gasteiger partial charge in [0.15, 0.2) is 11.5 Å². The molecule has 0 heterocycles. The molecule has 114 valence electrons. The van der Waals surface area contributed by atoms with Crippen LogP contribution in [0.1, 0.15) is 36.0 Å². The lowest BCUT2D eigenvalue weighted by Crippen LogP contribution is -2.27. The van der Waals surface area contributed by atoms with Crippen LogP contribution in [0, 0.1) is 11.8 Å². The van der Waals surface area contributed by atoms with E-state index in [0.717, 1.165) is 0 Å². The van der Waals surface area contributed by atoms with Gasteiger partial charge in [-0.1, -0.05) is 24.4 Å². The minimum Gasteiger partial charge on any atom is -0.493 e. The summed E-state index contributed by atoms with van der Waals surface area (Å²) in [6.45, 7) is 0. The fourth-order valence-corrected chi connectivity index (χ4v) is 3.78. The first-order chi connectivity index (χ1) is 10.2. The number of nitrogens with one attached hydrogen (secondary N) is 1. The van der Waals surface area contributed by atoms with Gasteiger partial charge in [0.1, 0.15) is 0 Å². The Balaban J connectivity index is 1.74. The Kier molecular flexibility index (Phi) is 3.98. The van der Waals surface area contributed by atoms with E-state index in [1.807, 2.05) is 0 Å². The predicted octanol–water partition coefficient (Wildman–Crippen LogP) is 3.28. The molecule has 2 fully saturated rings. The summed E-state index contributed by atoms with van der Waals surface area (Å²) in [5.41, 5.74) is 0.515. The monoisotopic (exact) mass is 309 g/mol. The van der Waals surface area contributed by atoms with Crippen molar-refractivity contribution in [2.24, 2.45) is 11.8 Å². The fourth-order valence-electron chi connectivity index (χ4n) is 3.49. The molecular weight excluding hydrogens is 290 g/mol. The number of amides is 1. The third kappa shape index (κ3) is 2.69. The van der Waals surface area contributed by atoms with E-state index in [4.69, 9.17) is 21.1 Å². The van der Waals surface area contributed by atoms with E-state index in [1.54, 1.807) is 12.1 Å². The smallest absolute Gasteiger partial charge is 0.251 e. The molecule has 5 heteroatoms. The lowest BCUT2D eigenvalue weighted by molar-refractivity contribution is 0.0947. The highest BCUT2D eigenvalue weighted by Gasteiger charge is 2.51. The van der Waals surface area contributed by atoms with E-state index in [-0.39, 0.29) is 5.91 Å². The summed E-state index contributed by atoms with van der Waals surface area (Å²) >= 11 is 6.15. The summed E-state index contributed by atoms with van der Waals surface area (Å²) in [5.74, 6) is 2.20. The maximum atomic E-state index is 12.4. The highest BCUT2D eigenvalue weighted by molar-refractivity contribution is 6.32. The summed E-state index contributed by atoms with van der Waals surface area (Å²) in [7, 11) is 3.06. The van der Waals surface area contributed by atoms with Crippen molar-refractivity contribution >= 4 is 17.5 Å². The van der Waals surface area contributed by atoms with E-state index in [9.17, 15) is 4.79 Å².